The third-order valence-corrected chi connectivity index (χ3v) is 11.7. The Morgan fingerprint density at radius 2 is 0.865 bits per heavy atom. The minimum Gasteiger partial charge on any atom is -0.464 e. The molecule has 0 spiro atoms. The van der Waals surface area contributed by atoms with E-state index in [-0.39, 0.29) is 11.9 Å². The Hall–Kier alpha value is -2.88. The van der Waals surface area contributed by atoms with Gasteiger partial charge >= 0.3 is 11.9 Å². The molecule has 0 unspecified atom stereocenters. The van der Waals surface area contributed by atoms with E-state index in [2.05, 4.69) is 61.8 Å². The van der Waals surface area contributed by atoms with E-state index in [4.69, 9.17) is 18.6 Å². The Balaban J connectivity index is 0.000000289. The molecule has 2 aromatic rings. The number of benzene rings is 2. The van der Waals surface area contributed by atoms with Gasteiger partial charge in [-0.05, 0) is 63.0 Å². The first kappa shape index (κ1) is 45.3. The summed E-state index contributed by atoms with van der Waals surface area (Å²) in [5.41, 5.74) is 1.44. The van der Waals surface area contributed by atoms with Crippen LogP contribution in [0.1, 0.15) is 90.2 Å². The average Bonchev–Trinajstić information content (AvgIpc) is 3.85. The summed E-state index contributed by atoms with van der Waals surface area (Å²) in [6.07, 6.45) is 8.12. The monoisotopic (exact) mass is 768 g/mol. The average molecular weight is 769 g/mol. The summed E-state index contributed by atoms with van der Waals surface area (Å²) in [5.74, 6) is -2.02. The van der Waals surface area contributed by atoms with Crippen LogP contribution in [0.2, 0.25) is 0 Å². The number of likely N-dealkylation sites (N-methyl/N-ethyl adjacent to an activating group) is 2. The summed E-state index contributed by atoms with van der Waals surface area (Å²) in [4.78, 5) is 29.9. The molecule has 2 N–H and O–H groups in total. The smallest absolute Gasteiger partial charge is 0.316 e. The lowest BCUT2D eigenvalue weighted by atomic mass is 9.79. The normalized spacial score (nSPS) is 16.4. The van der Waals surface area contributed by atoms with Crippen molar-refractivity contribution in [1.29, 1.82) is 0 Å². The van der Waals surface area contributed by atoms with Crippen LogP contribution in [0, 0.1) is 0 Å². The first-order valence-corrected chi connectivity index (χ1v) is 21.7. The first-order chi connectivity index (χ1) is 24.7. The van der Waals surface area contributed by atoms with Crippen LogP contribution in [0.3, 0.4) is 0 Å². The van der Waals surface area contributed by atoms with Gasteiger partial charge in [-0.1, -0.05) is 114 Å². The zero-order valence-corrected chi connectivity index (χ0v) is 33.0. The van der Waals surface area contributed by atoms with Gasteiger partial charge in [-0.2, -0.15) is 16.8 Å². The van der Waals surface area contributed by atoms with E-state index in [1.807, 2.05) is 36.4 Å². The predicted octanol–water partition coefficient (Wildman–Crippen LogP) is 5.53. The highest BCUT2D eigenvalue weighted by Gasteiger charge is 2.45. The molecule has 2 saturated carbocycles. The van der Waals surface area contributed by atoms with Crippen LogP contribution >= 0.6 is 0 Å². The van der Waals surface area contributed by atoms with E-state index in [1.54, 1.807) is 0 Å². The van der Waals surface area contributed by atoms with E-state index in [0.717, 1.165) is 102 Å². The second-order valence-corrected chi connectivity index (χ2v) is 16.4. The lowest BCUT2D eigenvalue weighted by molar-refractivity contribution is -0.151. The Labute approximate surface area is 311 Å². The van der Waals surface area contributed by atoms with Crippen molar-refractivity contribution in [2.24, 2.45) is 0 Å². The molecule has 0 aromatic heterocycles. The summed E-state index contributed by atoms with van der Waals surface area (Å²) < 4.78 is 66.7. The van der Waals surface area contributed by atoms with Gasteiger partial charge in [-0.3, -0.25) is 18.7 Å². The van der Waals surface area contributed by atoms with Crippen LogP contribution < -0.4 is 0 Å². The Morgan fingerprint density at radius 3 is 1.12 bits per heavy atom. The third-order valence-electron chi connectivity index (χ3n) is 10.0. The van der Waals surface area contributed by atoms with Crippen LogP contribution in [0.5, 0.6) is 0 Å². The lowest BCUT2D eigenvalue weighted by Crippen LogP contribution is -2.36. The molecule has 14 heteroatoms. The molecule has 2 aliphatic rings. The molecule has 0 bridgehead atoms. The molecule has 52 heavy (non-hydrogen) atoms. The molecule has 0 radical (unpaired) electrons. The van der Waals surface area contributed by atoms with Gasteiger partial charge in [-0.25, -0.2) is 0 Å². The largest absolute Gasteiger partial charge is 0.464 e. The van der Waals surface area contributed by atoms with Gasteiger partial charge < -0.3 is 19.3 Å². The molecule has 294 valence electrons. The highest BCUT2D eigenvalue weighted by molar-refractivity contribution is 7.89. The van der Waals surface area contributed by atoms with Crippen molar-refractivity contribution in [3.05, 3.63) is 71.8 Å². The van der Waals surface area contributed by atoms with Gasteiger partial charge in [0.2, 0.25) is 0 Å². The topological polar surface area (TPSA) is 168 Å². The molecule has 0 amide bonds. The third kappa shape index (κ3) is 14.9. The SMILES string of the molecule is CCN(CC)CCOC(=O)C1(c2ccccc2)CCCC1.CCN(CC)CCOC(=O)C1(c2ccccc2)CCCC1.O=S(=O)(O)CCS(=O)(=O)O. The van der Waals surface area contributed by atoms with Gasteiger partial charge in [0, 0.05) is 13.1 Å². The van der Waals surface area contributed by atoms with E-state index in [9.17, 15) is 26.4 Å². The van der Waals surface area contributed by atoms with Crippen molar-refractivity contribution in [2.45, 2.75) is 89.9 Å². The lowest BCUT2D eigenvalue weighted by Gasteiger charge is -2.28. The molecule has 2 aliphatic carbocycles. The molecular weight excluding hydrogens is 709 g/mol. The second kappa shape index (κ2) is 22.4. The summed E-state index contributed by atoms with van der Waals surface area (Å²) in [5, 5.41) is 0. The second-order valence-electron chi connectivity index (χ2n) is 13.2. The van der Waals surface area contributed by atoms with Crippen LogP contribution in [-0.4, -0.2) is 112 Å². The van der Waals surface area contributed by atoms with Crippen molar-refractivity contribution >= 4 is 32.2 Å². The van der Waals surface area contributed by atoms with Gasteiger partial charge in [-0.15, -0.1) is 0 Å². The van der Waals surface area contributed by atoms with Crippen LogP contribution in [0.4, 0.5) is 0 Å². The number of esters is 2. The Bertz CT molecular complexity index is 1420. The highest BCUT2D eigenvalue weighted by Crippen LogP contribution is 2.43. The number of ether oxygens (including phenoxy) is 2. The zero-order valence-electron chi connectivity index (χ0n) is 31.4. The van der Waals surface area contributed by atoms with Gasteiger partial charge in [0.25, 0.3) is 20.2 Å². The molecule has 2 aromatic carbocycles. The zero-order chi connectivity index (χ0) is 38.7. The number of rotatable bonds is 17. The van der Waals surface area contributed by atoms with Crippen molar-refractivity contribution in [2.75, 3.05) is 64.0 Å². The molecule has 4 rings (SSSR count). The number of nitrogens with zero attached hydrogens (tertiary/aromatic N) is 2. The summed E-state index contributed by atoms with van der Waals surface area (Å²) in [6, 6.07) is 20.3. The van der Waals surface area contributed by atoms with Crippen LogP contribution in [0.25, 0.3) is 0 Å². The van der Waals surface area contributed by atoms with Crippen LogP contribution in [0.15, 0.2) is 60.7 Å². The summed E-state index contributed by atoms with van der Waals surface area (Å²) in [6.45, 7) is 15.2. The maximum atomic E-state index is 12.7. The van der Waals surface area contributed by atoms with Crippen molar-refractivity contribution in [1.82, 2.24) is 9.80 Å². The number of carbonyl (C=O) groups is 2. The number of carbonyl (C=O) groups excluding carboxylic acids is 2. The minimum atomic E-state index is -4.30. The summed E-state index contributed by atoms with van der Waals surface area (Å²) in [7, 11) is -8.59. The highest BCUT2D eigenvalue weighted by atomic mass is 32.2. The molecular formula is C38H60N2O10S2. The fourth-order valence-corrected chi connectivity index (χ4v) is 8.48. The quantitative estimate of drug-likeness (QED) is 0.153. The van der Waals surface area contributed by atoms with Gasteiger partial charge in [0.05, 0.1) is 22.3 Å². The van der Waals surface area contributed by atoms with E-state index < -0.39 is 42.6 Å². The van der Waals surface area contributed by atoms with E-state index >= 15 is 0 Å². The fourth-order valence-electron chi connectivity index (χ4n) is 6.79. The maximum absolute atomic E-state index is 12.7. The molecule has 0 atom stereocenters. The van der Waals surface area contributed by atoms with Crippen molar-refractivity contribution < 1.29 is 45.0 Å². The summed E-state index contributed by atoms with van der Waals surface area (Å²) >= 11 is 0. The molecule has 2 fully saturated rings. The molecule has 0 saturated heterocycles. The van der Waals surface area contributed by atoms with Crippen LogP contribution in [-0.2, 0) is 50.1 Å². The first-order valence-electron chi connectivity index (χ1n) is 18.5. The van der Waals surface area contributed by atoms with E-state index in [0.29, 0.717) is 13.2 Å². The Morgan fingerprint density at radius 1 is 0.577 bits per heavy atom. The number of hydrogen-bond donors (Lipinski definition) is 2. The Kier molecular flexibility index (Phi) is 19.5. The number of hydrogen-bond acceptors (Lipinski definition) is 10. The van der Waals surface area contributed by atoms with Crippen molar-refractivity contribution in [3.63, 3.8) is 0 Å². The van der Waals surface area contributed by atoms with Gasteiger partial charge in [0.1, 0.15) is 13.2 Å². The fraction of sp³-hybridized carbons (Fsp3) is 0.632. The standard InChI is InChI=1S/2C18H27NO2.C2H6O6S2/c2*1-3-19(4-2)14-15-21-17(20)18(12-8-9-13-18)16-10-6-5-7-11-16;3-9(4,5)1-2-10(6,7)8/h2*5-7,10-11H,3-4,8-9,12-15H2,1-2H3;1-2H2,(H,3,4,5)(H,6,7,8). The van der Waals surface area contributed by atoms with Crippen molar-refractivity contribution in [3.8, 4) is 0 Å². The molecule has 0 heterocycles. The predicted molar refractivity (Wildman–Crippen MR) is 204 cm³/mol. The minimum absolute atomic E-state index is 0.0293. The molecule has 0 aliphatic heterocycles. The van der Waals surface area contributed by atoms with E-state index in [1.165, 1.54) is 0 Å². The maximum Gasteiger partial charge on any atom is 0.316 e. The molecule has 12 nitrogen and oxygen atoms in total. The van der Waals surface area contributed by atoms with Gasteiger partial charge in [0.15, 0.2) is 0 Å².